The standard InChI is InChI=1S/C19H16FN5O4S/c1-25-16(11-28-17-8-3-2-7-15(17)20)14(10-22-25)19-23-18(24-29-19)12-5-4-6-13(9-12)30(21,26)27/h2-10H,11H2,1H3,(H2,21,26,27). The van der Waals surface area contributed by atoms with E-state index in [9.17, 15) is 12.8 Å². The Balaban J connectivity index is 1.63. The lowest BCUT2D eigenvalue weighted by molar-refractivity contribution is 0.280. The largest absolute Gasteiger partial charge is 0.484 e. The fraction of sp³-hybridized carbons (Fsp3) is 0.105. The van der Waals surface area contributed by atoms with Gasteiger partial charge in [-0.1, -0.05) is 29.4 Å². The van der Waals surface area contributed by atoms with Gasteiger partial charge >= 0.3 is 0 Å². The summed E-state index contributed by atoms with van der Waals surface area (Å²) >= 11 is 0. The molecule has 4 rings (SSSR count). The van der Waals surface area contributed by atoms with Gasteiger partial charge in [0.15, 0.2) is 11.6 Å². The molecule has 2 heterocycles. The van der Waals surface area contributed by atoms with Crippen LogP contribution in [0.15, 0.2) is 64.1 Å². The molecule has 0 saturated carbocycles. The van der Waals surface area contributed by atoms with Crippen LogP contribution < -0.4 is 9.88 Å². The number of rotatable bonds is 6. The maximum absolute atomic E-state index is 13.8. The molecule has 0 aliphatic heterocycles. The number of halogens is 1. The molecule has 0 unspecified atom stereocenters. The number of sulfonamides is 1. The highest BCUT2D eigenvalue weighted by atomic mass is 32.2. The first-order chi connectivity index (χ1) is 14.3. The third-order valence-electron chi connectivity index (χ3n) is 4.34. The van der Waals surface area contributed by atoms with E-state index in [1.165, 1.54) is 36.5 Å². The second-order valence-corrected chi connectivity index (χ2v) is 7.91. The van der Waals surface area contributed by atoms with E-state index in [0.717, 1.165) is 0 Å². The zero-order chi connectivity index (χ0) is 21.3. The van der Waals surface area contributed by atoms with Gasteiger partial charge in [-0.3, -0.25) is 4.68 Å². The molecule has 154 valence electrons. The average Bonchev–Trinajstić information content (AvgIpc) is 3.34. The summed E-state index contributed by atoms with van der Waals surface area (Å²) in [6, 6.07) is 12.0. The Kier molecular flexibility index (Phi) is 5.06. The number of nitrogens with two attached hydrogens (primary N) is 1. The summed E-state index contributed by atoms with van der Waals surface area (Å²) in [5.74, 6) is -0.0294. The van der Waals surface area contributed by atoms with Crippen molar-refractivity contribution in [3.05, 3.63) is 66.2 Å². The molecule has 2 aromatic carbocycles. The molecule has 30 heavy (non-hydrogen) atoms. The Labute approximate surface area is 171 Å². The minimum atomic E-state index is -3.87. The Morgan fingerprint density at radius 3 is 2.77 bits per heavy atom. The van der Waals surface area contributed by atoms with E-state index in [0.29, 0.717) is 16.8 Å². The van der Waals surface area contributed by atoms with Gasteiger partial charge in [0.2, 0.25) is 15.8 Å². The number of primary sulfonamides is 1. The Bertz CT molecular complexity index is 1320. The van der Waals surface area contributed by atoms with Crippen molar-refractivity contribution in [1.82, 2.24) is 19.9 Å². The van der Waals surface area contributed by atoms with Gasteiger partial charge in [0.1, 0.15) is 6.61 Å². The van der Waals surface area contributed by atoms with Crippen LogP contribution in [0.3, 0.4) is 0 Å². The lowest BCUT2D eigenvalue weighted by Gasteiger charge is -2.08. The SMILES string of the molecule is Cn1ncc(-c2nc(-c3cccc(S(N)(=O)=O)c3)no2)c1COc1ccccc1F. The van der Waals surface area contributed by atoms with Crippen molar-refractivity contribution in [3.8, 4) is 28.6 Å². The van der Waals surface area contributed by atoms with E-state index in [4.69, 9.17) is 14.4 Å². The highest BCUT2D eigenvalue weighted by Gasteiger charge is 2.19. The van der Waals surface area contributed by atoms with E-state index in [2.05, 4.69) is 15.2 Å². The molecule has 0 aliphatic carbocycles. The van der Waals surface area contributed by atoms with Crippen LogP contribution in [0.25, 0.3) is 22.8 Å². The molecule has 0 atom stereocenters. The molecule has 4 aromatic rings. The molecule has 0 spiro atoms. The minimum Gasteiger partial charge on any atom is -0.484 e. The van der Waals surface area contributed by atoms with Crippen LogP contribution in [-0.4, -0.2) is 28.3 Å². The summed E-state index contributed by atoms with van der Waals surface area (Å²) in [6.07, 6.45) is 1.53. The first kappa shape index (κ1) is 19.7. The van der Waals surface area contributed by atoms with E-state index in [-0.39, 0.29) is 29.0 Å². The summed E-state index contributed by atoms with van der Waals surface area (Å²) in [4.78, 5) is 4.26. The first-order valence-electron chi connectivity index (χ1n) is 8.68. The van der Waals surface area contributed by atoms with Crippen molar-refractivity contribution in [1.29, 1.82) is 0 Å². The number of aromatic nitrogens is 4. The van der Waals surface area contributed by atoms with Crippen LogP contribution in [0.1, 0.15) is 5.69 Å². The molecular formula is C19H16FN5O4S. The molecule has 2 aromatic heterocycles. The predicted octanol–water partition coefficient (Wildman–Crippen LogP) is 2.50. The normalized spacial score (nSPS) is 11.6. The third-order valence-corrected chi connectivity index (χ3v) is 5.25. The van der Waals surface area contributed by atoms with Crippen LogP contribution in [0.2, 0.25) is 0 Å². The number of para-hydroxylation sites is 1. The quantitative estimate of drug-likeness (QED) is 0.499. The maximum atomic E-state index is 13.8. The lowest BCUT2D eigenvalue weighted by atomic mass is 10.2. The van der Waals surface area contributed by atoms with Crippen molar-refractivity contribution in [2.75, 3.05) is 0 Å². The van der Waals surface area contributed by atoms with E-state index in [1.807, 2.05) is 0 Å². The van der Waals surface area contributed by atoms with Gasteiger partial charge in [0, 0.05) is 12.6 Å². The maximum Gasteiger partial charge on any atom is 0.261 e. The zero-order valence-electron chi connectivity index (χ0n) is 15.7. The summed E-state index contributed by atoms with van der Waals surface area (Å²) in [6.45, 7) is 0.0192. The molecule has 0 saturated heterocycles. The van der Waals surface area contributed by atoms with Gasteiger partial charge < -0.3 is 9.26 Å². The Morgan fingerprint density at radius 1 is 1.20 bits per heavy atom. The molecule has 11 heteroatoms. The molecule has 2 N–H and O–H groups in total. The van der Waals surface area contributed by atoms with Crippen molar-refractivity contribution in [2.45, 2.75) is 11.5 Å². The van der Waals surface area contributed by atoms with Gasteiger partial charge in [-0.15, -0.1) is 0 Å². The summed E-state index contributed by atoms with van der Waals surface area (Å²) in [5.41, 5.74) is 1.52. The van der Waals surface area contributed by atoms with Crippen molar-refractivity contribution >= 4 is 10.0 Å². The number of ether oxygens (including phenoxy) is 1. The lowest BCUT2D eigenvalue weighted by Crippen LogP contribution is -2.11. The topological polar surface area (TPSA) is 126 Å². The molecule has 0 bridgehead atoms. The fourth-order valence-electron chi connectivity index (χ4n) is 2.78. The van der Waals surface area contributed by atoms with Crippen LogP contribution in [0, 0.1) is 5.82 Å². The third kappa shape index (κ3) is 3.93. The number of hydrogen-bond acceptors (Lipinski definition) is 7. The van der Waals surface area contributed by atoms with Crippen molar-refractivity contribution < 1.29 is 22.1 Å². The Morgan fingerprint density at radius 2 is 2.00 bits per heavy atom. The van der Waals surface area contributed by atoms with Gasteiger partial charge in [-0.2, -0.15) is 10.1 Å². The predicted molar refractivity (Wildman–Crippen MR) is 104 cm³/mol. The molecule has 0 fully saturated rings. The van der Waals surface area contributed by atoms with E-state index >= 15 is 0 Å². The first-order valence-corrected chi connectivity index (χ1v) is 10.2. The highest BCUT2D eigenvalue weighted by Crippen LogP contribution is 2.27. The van der Waals surface area contributed by atoms with Gasteiger partial charge in [0.05, 0.1) is 22.3 Å². The second-order valence-electron chi connectivity index (χ2n) is 6.34. The number of nitrogens with zero attached hydrogens (tertiary/aromatic N) is 4. The minimum absolute atomic E-state index is 0.0192. The van der Waals surface area contributed by atoms with Crippen LogP contribution in [0.4, 0.5) is 4.39 Å². The van der Waals surface area contributed by atoms with Crippen LogP contribution in [-0.2, 0) is 23.7 Å². The molecule has 0 amide bonds. The smallest absolute Gasteiger partial charge is 0.261 e. The second kappa shape index (κ2) is 7.69. The molecular weight excluding hydrogens is 413 g/mol. The summed E-state index contributed by atoms with van der Waals surface area (Å²) in [5, 5.41) is 13.3. The Hall–Kier alpha value is -3.57. The van der Waals surface area contributed by atoms with Crippen LogP contribution in [0.5, 0.6) is 5.75 Å². The fourth-order valence-corrected chi connectivity index (χ4v) is 3.34. The van der Waals surface area contributed by atoms with E-state index < -0.39 is 15.8 Å². The summed E-state index contributed by atoms with van der Waals surface area (Å²) < 4.78 is 49.4. The number of benzene rings is 2. The summed E-state index contributed by atoms with van der Waals surface area (Å²) in [7, 11) is -2.16. The molecule has 9 nitrogen and oxygen atoms in total. The molecule has 0 radical (unpaired) electrons. The zero-order valence-corrected chi connectivity index (χ0v) is 16.5. The van der Waals surface area contributed by atoms with Gasteiger partial charge in [0.25, 0.3) is 5.89 Å². The number of aryl methyl sites for hydroxylation is 1. The van der Waals surface area contributed by atoms with Gasteiger partial charge in [-0.05, 0) is 24.3 Å². The van der Waals surface area contributed by atoms with Gasteiger partial charge in [-0.25, -0.2) is 17.9 Å². The number of hydrogen-bond donors (Lipinski definition) is 1. The van der Waals surface area contributed by atoms with Crippen molar-refractivity contribution in [3.63, 3.8) is 0 Å². The average molecular weight is 429 g/mol. The monoisotopic (exact) mass is 429 g/mol. The van der Waals surface area contributed by atoms with Crippen LogP contribution >= 0.6 is 0 Å². The highest BCUT2D eigenvalue weighted by molar-refractivity contribution is 7.89. The van der Waals surface area contributed by atoms with Crippen molar-refractivity contribution in [2.24, 2.45) is 12.2 Å². The molecule has 0 aliphatic rings. The van der Waals surface area contributed by atoms with E-state index in [1.54, 1.807) is 29.9 Å².